The third-order valence-corrected chi connectivity index (χ3v) is 4.12. The molecule has 2 N–H and O–H groups in total. The van der Waals surface area contributed by atoms with Crippen LogP contribution in [0.1, 0.15) is 42.7 Å². The largest absolute Gasteiger partial charge is 0.505 e. The van der Waals surface area contributed by atoms with Gasteiger partial charge in [-0.25, -0.2) is 0 Å². The third kappa shape index (κ3) is 3.94. The Kier molecular flexibility index (Phi) is 5.17. The van der Waals surface area contributed by atoms with Crippen molar-refractivity contribution in [2.75, 3.05) is 19.6 Å². The molecule has 0 radical (unpaired) electrons. The number of pyridine rings is 1. The second-order valence-corrected chi connectivity index (χ2v) is 6.11. The Hall–Kier alpha value is -1.62. The van der Waals surface area contributed by atoms with Crippen molar-refractivity contribution in [1.29, 1.82) is 0 Å². The highest BCUT2D eigenvalue weighted by Crippen LogP contribution is 2.18. The summed E-state index contributed by atoms with van der Waals surface area (Å²) in [5.74, 6) is 0.180. The predicted octanol–water partition coefficient (Wildman–Crippen LogP) is 1.95. The van der Waals surface area contributed by atoms with Gasteiger partial charge >= 0.3 is 0 Å². The van der Waals surface area contributed by atoms with E-state index >= 15 is 0 Å². The normalized spacial score (nSPS) is 17.1. The summed E-state index contributed by atoms with van der Waals surface area (Å²) >= 11 is 0. The van der Waals surface area contributed by atoms with Crippen molar-refractivity contribution < 1.29 is 9.90 Å². The highest BCUT2D eigenvalue weighted by atomic mass is 16.3. The molecule has 1 aromatic rings. The number of hydrogen-bond donors (Lipinski definition) is 2. The van der Waals surface area contributed by atoms with Crippen molar-refractivity contribution in [1.82, 2.24) is 15.2 Å². The van der Waals surface area contributed by atoms with Gasteiger partial charge in [0, 0.05) is 18.3 Å². The number of carbonyl (C=O) groups is 1. The number of nitrogens with one attached hydrogen (secondary N) is 1. The zero-order valence-corrected chi connectivity index (χ0v) is 13.1. The maximum absolute atomic E-state index is 12.2. The molecule has 1 aromatic heterocycles. The summed E-state index contributed by atoms with van der Waals surface area (Å²) in [6.45, 7) is 9.00. The minimum atomic E-state index is -0.233. The summed E-state index contributed by atoms with van der Waals surface area (Å²) in [5, 5.41) is 12.7. The molecule has 0 bridgehead atoms. The fourth-order valence-corrected chi connectivity index (χ4v) is 2.89. The first-order valence-electron chi connectivity index (χ1n) is 7.67. The molecule has 1 saturated heterocycles. The van der Waals surface area contributed by atoms with Gasteiger partial charge in [0.1, 0.15) is 5.75 Å². The van der Waals surface area contributed by atoms with E-state index in [1.807, 2.05) is 0 Å². The van der Waals surface area contributed by atoms with Crippen LogP contribution in [-0.4, -0.2) is 46.6 Å². The van der Waals surface area contributed by atoms with Crippen molar-refractivity contribution in [2.45, 2.75) is 39.7 Å². The Bertz CT molecular complexity index is 496. The van der Waals surface area contributed by atoms with Gasteiger partial charge in [-0.2, -0.15) is 0 Å². The molecular formula is C16H25N3O2. The van der Waals surface area contributed by atoms with Crippen LogP contribution < -0.4 is 5.32 Å². The number of hydrogen-bond acceptors (Lipinski definition) is 4. The maximum atomic E-state index is 12.2. The average molecular weight is 291 g/mol. The summed E-state index contributed by atoms with van der Waals surface area (Å²) < 4.78 is 0. The molecule has 2 heterocycles. The fourth-order valence-electron chi connectivity index (χ4n) is 2.89. The molecule has 5 nitrogen and oxygen atoms in total. The predicted molar refractivity (Wildman–Crippen MR) is 82.4 cm³/mol. The fraction of sp³-hybridized carbons (Fsp3) is 0.625. The van der Waals surface area contributed by atoms with Crippen LogP contribution in [0.25, 0.3) is 0 Å². The lowest BCUT2D eigenvalue weighted by Gasteiger charge is -2.31. The van der Waals surface area contributed by atoms with E-state index in [0.717, 1.165) is 18.8 Å². The maximum Gasteiger partial charge on any atom is 0.255 e. The molecule has 2 rings (SSSR count). The van der Waals surface area contributed by atoms with Gasteiger partial charge in [-0.05, 0) is 44.8 Å². The lowest BCUT2D eigenvalue weighted by atomic mass is 10.0. The van der Waals surface area contributed by atoms with Gasteiger partial charge in [0.25, 0.3) is 5.91 Å². The number of amides is 1. The second-order valence-electron chi connectivity index (χ2n) is 6.11. The van der Waals surface area contributed by atoms with Crippen LogP contribution in [0.3, 0.4) is 0 Å². The van der Waals surface area contributed by atoms with Gasteiger partial charge in [0.05, 0.1) is 11.8 Å². The zero-order chi connectivity index (χ0) is 15.4. The summed E-state index contributed by atoms with van der Waals surface area (Å²) in [6, 6.07) is 1.96. The minimum Gasteiger partial charge on any atom is -0.505 e. The van der Waals surface area contributed by atoms with E-state index in [1.54, 1.807) is 13.0 Å². The molecule has 1 aliphatic heterocycles. The van der Waals surface area contributed by atoms with Gasteiger partial charge in [-0.1, -0.05) is 13.8 Å². The second kappa shape index (κ2) is 6.89. The lowest BCUT2D eigenvalue weighted by Crippen LogP contribution is -2.45. The first-order valence-corrected chi connectivity index (χ1v) is 7.67. The molecule has 0 saturated carbocycles. The van der Waals surface area contributed by atoms with E-state index in [-0.39, 0.29) is 11.7 Å². The Balaban J connectivity index is 1.99. The quantitative estimate of drug-likeness (QED) is 0.870. The molecule has 1 atom stereocenters. The summed E-state index contributed by atoms with van der Waals surface area (Å²) in [6.07, 6.45) is 3.80. The van der Waals surface area contributed by atoms with Gasteiger partial charge in [-0.15, -0.1) is 0 Å². The van der Waals surface area contributed by atoms with Crippen LogP contribution in [-0.2, 0) is 0 Å². The first kappa shape index (κ1) is 15.8. The molecule has 116 valence electrons. The van der Waals surface area contributed by atoms with E-state index < -0.39 is 0 Å². The Morgan fingerprint density at radius 1 is 1.43 bits per heavy atom. The van der Waals surface area contributed by atoms with E-state index in [0.29, 0.717) is 24.1 Å². The number of aromatic nitrogens is 1. The van der Waals surface area contributed by atoms with Crippen molar-refractivity contribution in [3.05, 3.63) is 23.5 Å². The van der Waals surface area contributed by atoms with Crippen LogP contribution in [0.5, 0.6) is 5.75 Å². The van der Waals surface area contributed by atoms with Gasteiger partial charge in [0.15, 0.2) is 0 Å². The number of carbonyl (C=O) groups excluding carboxylic acids is 1. The molecule has 0 spiro atoms. The number of aryl methyl sites for hydroxylation is 1. The molecule has 0 aromatic carbocycles. The Morgan fingerprint density at radius 3 is 2.71 bits per heavy atom. The Labute approximate surface area is 126 Å². The minimum absolute atomic E-state index is 0.0691. The van der Waals surface area contributed by atoms with Crippen molar-refractivity contribution >= 4 is 5.91 Å². The highest BCUT2D eigenvalue weighted by Gasteiger charge is 2.25. The SMILES string of the molecule is Cc1cc(C(=O)NCC(C(C)C)N2CCCC2)c(O)cn1. The third-order valence-electron chi connectivity index (χ3n) is 4.12. The van der Waals surface area contributed by atoms with E-state index in [2.05, 4.69) is 29.0 Å². The van der Waals surface area contributed by atoms with Crippen LogP contribution in [0, 0.1) is 12.8 Å². The molecule has 1 amide bonds. The van der Waals surface area contributed by atoms with E-state index in [4.69, 9.17) is 0 Å². The smallest absolute Gasteiger partial charge is 0.255 e. The summed E-state index contributed by atoms with van der Waals surface area (Å²) in [4.78, 5) is 18.7. The topological polar surface area (TPSA) is 65.5 Å². The summed E-state index contributed by atoms with van der Waals surface area (Å²) in [5.41, 5.74) is 1.02. The molecule has 5 heteroatoms. The first-order chi connectivity index (χ1) is 9.99. The van der Waals surface area contributed by atoms with Gasteiger partial charge in [0.2, 0.25) is 0 Å². The zero-order valence-electron chi connectivity index (χ0n) is 13.1. The molecular weight excluding hydrogens is 266 g/mol. The van der Waals surface area contributed by atoms with Crippen molar-refractivity contribution in [3.63, 3.8) is 0 Å². The highest BCUT2D eigenvalue weighted by molar-refractivity contribution is 5.96. The molecule has 1 unspecified atom stereocenters. The number of likely N-dealkylation sites (tertiary alicyclic amines) is 1. The number of nitrogens with zero attached hydrogens (tertiary/aromatic N) is 2. The van der Waals surface area contributed by atoms with Crippen LogP contribution in [0.4, 0.5) is 0 Å². The van der Waals surface area contributed by atoms with E-state index in [1.165, 1.54) is 19.0 Å². The average Bonchev–Trinajstić information content (AvgIpc) is 2.95. The summed E-state index contributed by atoms with van der Waals surface area (Å²) in [7, 11) is 0. The molecule has 1 fully saturated rings. The van der Waals surface area contributed by atoms with Crippen molar-refractivity contribution in [3.8, 4) is 5.75 Å². The number of aromatic hydroxyl groups is 1. The van der Waals surface area contributed by atoms with Crippen LogP contribution >= 0.6 is 0 Å². The van der Waals surface area contributed by atoms with E-state index in [9.17, 15) is 9.90 Å². The van der Waals surface area contributed by atoms with Crippen LogP contribution in [0.2, 0.25) is 0 Å². The molecule has 21 heavy (non-hydrogen) atoms. The number of rotatable bonds is 5. The van der Waals surface area contributed by atoms with Crippen LogP contribution in [0.15, 0.2) is 12.3 Å². The van der Waals surface area contributed by atoms with Gasteiger partial charge < -0.3 is 10.4 Å². The standard InChI is InChI=1S/C16H25N3O2/c1-11(2)14(19-6-4-5-7-19)9-18-16(21)13-8-12(3)17-10-15(13)20/h8,10-11,14,20H,4-7,9H2,1-3H3,(H,18,21). The van der Waals surface area contributed by atoms with Gasteiger partial charge in [-0.3, -0.25) is 14.7 Å². The molecule has 0 aliphatic carbocycles. The lowest BCUT2D eigenvalue weighted by molar-refractivity contribution is 0.0924. The van der Waals surface area contributed by atoms with Crippen molar-refractivity contribution in [2.24, 2.45) is 5.92 Å². The monoisotopic (exact) mass is 291 g/mol. The molecule has 1 aliphatic rings. The Morgan fingerprint density at radius 2 is 2.10 bits per heavy atom.